The maximum atomic E-state index is 9.16. The monoisotopic (exact) mass is 184 g/mol. The van der Waals surface area contributed by atoms with E-state index in [1.165, 1.54) is 0 Å². The second-order valence-corrected chi connectivity index (χ2v) is 2.72. The molecule has 1 unspecified atom stereocenters. The van der Waals surface area contributed by atoms with Crippen molar-refractivity contribution in [1.29, 1.82) is 0 Å². The topological polar surface area (TPSA) is 60.7 Å². The van der Waals surface area contributed by atoms with E-state index in [0.717, 1.165) is 18.2 Å². The number of hydrogen-bond acceptors (Lipinski definition) is 3. The summed E-state index contributed by atoms with van der Waals surface area (Å²) in [6.45, 7) is 3.51. The van der Waals surface area contributed by atoms with Gasteiger partial charge in [0.2, 0.25) is 0 Å². The van der Waals surface area contributed by atoms with Gasteiger partial charge in [0.05, 0.1) is 6.10 Å². The van der Waals surface area contributed by atoms with Crippen LogP contribution >= 0.6 is 0 Å². The first-order valence-corrected chi connectivity index (χ1v) is 4.03. The summed E-state index contributed by atoms with van der Waals surface area (Å²) in [5.74, 6) is 0.273. The molecule has 3 nitrogen and oxygen atoms in total. The predicted octanol–water partition coefficient (Wildman–Crippen LogP) is 1.36. The first-order valence-electron chi connectivity index (χ1n) is 4.03. The molecule has 3 heteroatoms. The summed E-state index contributed by atoms with van der Waals surface area (Å²) in [6.07, 6.45) is -0.464. The molecule has 1 atom stereocenters. The van der Waals surface area contributed by atoms with Gasteiger partial charge < -0.3 is 15.3 Å². The minimum absolute atomic E-state index is 0.273. The van der Waals surface area contributed by atoms with Crippen molar-refractivity contribution < 1.29 is 15.3 Å². The van der Waals surface area contributed by atoms with Gasteiger partial charge in [-0.15, -0.1) is 0 Å². The number of phenols is 1. The van der Waals surface area contributed by atoms with Gasteiger partial charge in [0.15, 0.2) is 0 Å². The van der Waals surface area contributed by atoms with Gasteiger partial charge in [-0.3, -0.25) is 0 Å². The highest BCUT2D eigenvalue weighted by molar-refractivity contribution is 5.35. The molecule has 0 radical (unpaired) electrons. The second-order valence-electron chi connectivity index (χ2n) is 2.72. The van der Waals surface area contributed by atoms with Crippen molar-refractivity contribution in [2.45, 2.75) is 20.0 Å². The van der Waals surface area contributed by atoms with E-state index in [1.807, 2.05) is 0 Å². The third-order valence-electron chi connectivity index (χ3n) is 1.70. The van der Waals surface area contributed by atoms with E-state index in [9.17, 15) is 0 Å². The van der Waals surface area contributed by atoms with Crippen LogP contribution in [-0.4, -0.2) is 22.4 Å². The normalized spacial score (nSPS) is 11.5. The lowest BCUT2D eigenvalue weighted by Crippen LogP contribution is -1.90. The molecular formula is C10H16O3. The molecule has 0 aliphatic carbocycles. The Morgan fingerprint density at radius 2 is 1.77 bits per heavy atom. The molecule has 0 bridgehead atoms. The number of hydrogen-bond donors (Lipinski definition) is 3. The van der Waals surface area contributed by atoms with Crippen LogP contribution in [0.2, 0.25) is 0 Å². The van der Waals surface area contributed by atoms with Gasteiger partial charge in [0.25, 0.3) is 0 Å². The van der Waals surface area contributed by atoms with Gasteiger partial charge in [-0.25, -0.2) is 0 Å². The number of aryl methyl sites for hydroxylation is 1. The average molecular weight is 184 g/mol. The van der Waals surface area contributed by atoms with Crippen LogP contribution in [0.3, 0.4) is 0 Å². The predicted molar refractivity (Wildman–Crippen MR) is 51.6 cm³/mol. The quantitative estimate of drug-likeness (QED) is 0.617. The van der Waals surface area contributed by atoms with Crippen molar-refractivity contribution in [2.75, 3.05) is 7.11 Å². The van der Waals surface area contributed by atoms with E-state index in [1.54, 1.807) is 32.0 Å². The van der Waals surface area contributed by atoms with Crippen molar-refractivity contribution in [3.8, 4) is 5.75 Å². The fourth-order valence-corrected chi connectivity index (χ4v) is 0.939. The lowest BCUT2D eigenvalue weighted by Gasteiger charge is -2.05. The molecule has 0 amide bonds. The van der Waals surface area contributed by atoms with Crippen LogP contribution in [0.4, 0.5) is 0 Å². The van der Waals surface area contributed by atoms with Gasteiger partial charge in [0, 0.05) is 7.11 Å². The molecule has 0 heterocycles. The van der Waals surface area contributed by atoms with E-state index in [2.05, 4.69) is 0 Å². The van der Waals surface area contributed by atoms with Crippen molar-refractivity contribution >= 4 is 0 Å². The number of aromatic hydroxyl groups is 1. The fraction of sp³-hybridized carbons (Fsp3) is 0.400. The van der Waals surface area contributed by atoms with Gasteiger partial charge in [0.1, 0.15) is 5.75 Å². The summed E-state index contributed by atoms with van der Waals surface area (Å²) in [4.78, 5) is 0. The summed E-state index contributed by atoms with van der Waals surface area (Å²) >= 11 is 0. The van der Waals surface area contributed by atoms with Crippen LogP contribution in [0.1, 0.15) is 24.2 Å². The number of rotatable bonds is 1. The van der Waals surface area contributed by atoms with Crippen LogP contribution in [0.15, 0.2) is 18.2 Å². The zero-order valence-electron chi connectivity index (χ0n) is 8.15. The molecule has 74 valence electrons. The van der Waals surface area contributed by atoms with Crippen LogP contribution in [0, 0.1) is 6.92 Å². The first-order chi connectivity index (χ1) is 6.11. The number of aliphatic hydroxyl groups is 2. The lowest BCUT2D eigenvalue weighted by molar-refractivity contribution is 0.199. The van der Waals surface area contributed by atoms with E-state index >= 15 is 0 Å². The molecule has 0 saturated heterocycles. The largest absolute Gasteiger partial charge is 0.508 e. The molecule has 0 fully saturated rings. The molecular weight excluding hydrogens is 168 g/mol. The third-order valence-corrected chi connectivity index (χ3v) is 1.70. The molecule has 0 aromatic heterocycles. The third kappa shape index (κ3) is 3.44. The minimum Gasteiger partial charge on any atom is -0.508 e. The molecule has 1 aromatic rings. The summed E-state index contributed by atoms with van der Waals surface area (Å²) in [5, 5.41) is 25.3. The van der Waals surface area contributed by atoms with E-state index < -0.39 is 6.10 Å². The first kappa shape index (κ1) is 11.9. The highest BCUT2D eigenvalue weighted by Gasteiger charge is 2.01. The molecule has 1 aromatic carbocycles. The Balaban J connectivity index is 0.000000671. The van der Waals surface area contributed by atoms with Crippen LogP contribution < -0.4 is 0 Å². The Morgan fingerprint density at radius 3 is 2.15 bits per heavy atom. The van der Waals surface area contributed by atoms with Gasteiger partial charge in [-0.1, -0.05) is 6.07 Å². The molecule has 0 aliphatic rings. The molecule has 13 heavy (non-hydrogen) atoms. The van der Waals surface area contributed by atoms with Crippen molar-refractivity contribution in [2.24, 2.45) is 0 Å². The standard InChI is InChI=1S/C9H12O2.CH4O/c1-6-5-8(7(2)10)3-4-9(6)11;1-2/h3-5,7,10-11H,1-2H3;2H,1H3. The van der Waals surface area contributed by atoms with Gasteiger partial charge in [-0.2, -0.15) is 0 Å². The highest BCUT2D eigenvalue weighted by Crippen LogP contribution is 2.20. The van der Waals surface area contributed by atoms with Crippen molar-refractivity contribution in [1.82, 2.24) is 0 Å². The Morgan fingerprint density at radius 1 is 1.23 bits per heavy atom. The molecule has 0 aliphatic heterocycles. The summed E-state index contributed by atoms with van der Waals surface area (Å²) in [6, 6.07) is 5.09. The maximum Gasteiger partial charge on any atom is 0.118 e. The van der Waals surface area contributed by atoms with Gasteiger partial charge in [-0.05, 0) is 37.1 Å². The summed E-state index contributed by atoms with van der Waals surface area (Å²) in [7, 11) is 1.00. The Bertz CT molecular complexity index is 256. The SMILES string of the molecule is CO.Cc1cc(C(C)O)ccc1O. The van der Waals surface area contributed by atoms with Crippen molar-refractivity contribution in [3.63, 3.8) is 0 Å². The van der Waals surface area contributed by atoms with E-state index in [4.69, 9.17) is 15.3 Å². The molecule has 0 saturated carbocycles. The average Bonchev–Trinajstić information content (AvgIpc) is 2.13. The summed E-state index contributed by atoms with van der Waals surface area (Å²) < 4.78 is 0. The smallest absolute Gasteiger partial charge is 0.118 e. The second kappa shape index (κ2) is 5.56. The molecule has 0 spiro atoms. The molecule has 1 rings (SSSR count). The Labute approximate surface area is 78.3 Å². The zero-order valence-corrected chi connectivity index (χ0v) is 8.15. The number of benzene rings is 1. The summed E-state index contributed by atoms with van der Waals surface area (Å²) in [5.41, 5.74) is 1.63. The maximum absolute atomic E-state index is 9.16. The van der Waals surface area contributed by atoms with Gasteiger partial charge >= 0.3 is 0 Å². The van der Waals surface area contributed by atoms with E-state index in [0.29, 0.717) is 0 Å². The highest BCUT2D eigenvalue weighted by atomic mass is 16.3. The number of aliphatic hydroxyl groups excluding tert-OH is 2. The lowest BCUT2D eigenvalue weighted by atomic mass is 10.1. The fourth-order valence-electron chi connectivity index (χ4n) is 0.939. The molecule has 3 N–H and O–H groups in total. The van der Waals surface area contributed by atoms with Crippen LogP contribution in [-0.2, 0) is 0 Å². The van der Waals surface area contributed by atoms with Crippen LogP contribution in [0.5, 0.6) is 5.75 Å². The Hall–Kier alpha value is -1.06. The van der Waals surface area contributed by atoms with Crippen LogP contribution in [0.25, 0.3) is 0 Å². The Kier molecular flexibility index (Phi) is 5.11. The van der Waals surface area contributed by atoms with E-state index in [-0.39, 0.29) is 5.75 Å². The number of phenolic OH excluding ortho intramolecular Hbond substituents is 1. The van der Waals surface area contributed by atoms with Crippen molar-refractivity contribution in [3.05, 3.63) is 29.3 Å². The minimum atomic E-state index is -0.464. The zero-order chi connectivity index (χ0) is 10.4.